The van der Waals surface area contributed by atoms with Gasteiger partial charge in [-0.3, -0.25) is 24.0 Å². The molecule has 0 aromatic rings. The van der Waals surface area contributed by atoms with E-state index in [-0.39, 0.29) is 31.4 Å². The van der Waals surface area contributed by atoms with Crippen molar-refractivity contribution in [3.05, 3.63) is 0 Å². The van der Waals surface area contributed by atoms with E-state index in [2.05, 4.69) is 16.0 Å². The molecular formula is C24H46N3O10PS. The molecule has 2 fully saturated rings. The van der Waals surface area contributed by atoms with Gasteiger partial charge in [-0.05, 0) is 51.3 Å². The zero-order valence-electron chi connectivity index (χ0n) is 23.0. The van der Waals surface area contributed by atoms with Crippen molar-refractivity contribution < 1.29 is 48.2 Å². The molecule has 0 bridgehead atoms. The maximum Gasteiger partial charge on any atom is 0.473 e. The lowest BCUT2D eigenvalue weighted by Gasteiger charge is -2.42. The normalized spacial score (nSPS) is 28.6. The summed E-state index contributed by atoms with van der Waals surface area (Å²) in [6, 6.07) is -0.808. The average molecular weight is 600 g/mol. The molecule has 13 nitrogen and oxygen atoms in total. The standard InChI is InChI=1S/C24H46N3O10PS/c1-16(29)27-20-22(32)21(31)18(14-28)36-23(20)39-13-6-4-5-10-19(30)26-12-11-24(2,25-3)37-38(33,34)35-15-17-8-7-9-17/h17-18,20-23,25,28,31-32H,4-15H2,1-3H3,(H,26,30)(H,27,29)(H,33,34). The van der Waals surface area contributed by atoms with Gasteiger partial charge >= 0.3 is 7.82 Å². The Balaban J connectivity index is 1.63. The Morgan fingerprint density at radius 3 is 2.49 bits per heavy atom. The van der Waals surface area contributed by atoms with Gasteiger partial charge in [0.15, 0.2) is 0 Å². The lowest BCUT2D eigenvalue weighted by atomic mass is 9.86. The molecule has 1 saturated heterocycles. The topological polar surface area (TPSA) is 196 Å². The summed E-state index contributed by atoms with van der Waals surface area (Å²) in [4.78, 5) is 33.8. The third-order valence-corrected chi connectivity index (χ3v) is 9.42. The Labute approximate surface area is 234 Å². The van der Waals surface area contributed by atoms with Crippen molar-refractivity contribution in [3.63, 3.8) is 0 Å². The molecule has 0 spiro atoms. The van der Waals surface area contributed by atoms with Gasteiger partial charge in [0.25, 0.3) is 0 Å². The molecule has 1 aliphatic heterocycles. The largest absolute Gasteiger partial charge is 0.473 e. The second-order valence-electron chi connectivity index (χ2n) is 10.3. The zero-order valence-corrected chi connectivity index (χ0v) is 24.8. The number of carbonyl (C=O) groups is 2. The van der Waals surface area contributed by atoms with Crippen molar-refractivity contribution in [3.8, 4) is 0 Å². The fraction of sp³-hybridized carbons (Fsp3) is 0.917. The number of phosphoric ester groups is 1. The third-order valence-electron chi connectivity index (χ3n) is 7.05. The first kappa shape index (κ1) is 34.4. The number of nitrogens with one attached hydrogen (secondary N) is 3. The third kappa shape index (κ3) is 11.9. The van der Waals surface area contributed by atoms with Crippen molar-refractivity contribution in [1.29, 1.82) is 0 Å². The second-order valence-corrected chi connectivity index (χ2v) is 12.9. The summed E-state index contributed by atoms with van der Waals surface area (Å²) in [7, 11) is -2.63. The summed E-state index contributed by atoms with van der Waals surface area (Å²) in [5.41, 5.74) is -1.78. The van der Waals surface area contributed by atoms with Gasteiger partial charge in [0, 0.05) is 26.3 Å². The average Bonchev–Trinajstić information content (AvgIpc) is 2.83. The molecule has 0 aromatic carbocycles. The van der Waals surface area contributed by atoms with Crippen molar-refractivity contribution in [2.75, 3.05) is 32.6 Å². The van der Waals surface area contributed by atoms with Gasteiger partial charge in [0.2, 0.25) is 11.8 Å². The number of phosphoric acid groups is 1. The van der Waals surface area contributed by atoms with Crippen molar-refractivity contribution in [2.24, 2.45) is 5.92 Å². The van der Waals surface area contributed by atoms with E-state index >= 15 is 0 Å². The number of aliphatic hydroxyl groups is 3. The van der Waals surface area contributed by atoms with Crippen LogP contribution in [-0.4, -0.2) is 100 Å². The summed E-state index contributed by atoms with van der Waals surface area (Å²) < 4.78 is 28.5. The van der Waals surface area contributed by atoms with Crippen molar-refractivity contribution in [2.45, 2.75) is 101 Å². The number of hydrogen-bond donors (Lipinski definition) is 7. The van der Waals surface area contributed by atoms with Crippen LogP contribution in [0.15, 0.2) is 0 Å². The van der Waals surface area contributed by atoms with Gasteiger partial charge in [0.1, 0.15) is 29.5 Å². The van der Waals surface area contributed by atoms with Crippen LogP contribution in [0.25, 0.3) is 0 Å². The van der Waals surface area contributed by atoms with E-state index in [0.717, 1.165) is 32.1 Å². The van der Waals surface area contributed by atoms with E-state index in [4.69, 9.17) is 13.8 Å². The molecule has 15 heteroatoms. The van der Waals surface area contributed by atoms with Gasteiger partial charge in [-0.25, -0.2) is 4.57 Å². The van der Waals surface area contributed by atoms with Crippen LogP contribution in [-0.2, 0) is 27.9 Å². The molecule has 7 unspecified atom stereocenters. The van der Waals surface area contributed by atoms with Crippen LogP contribution in [0.5, 0.6) is 0 Å². The fourth-order valence-electron chi connectivity index (χ4n) is 4.26. The summed E-state index contributed by atoms with van der Waals surface area (Å²) in [5.74, 6) is 0.428. The maximum atomic E-state index is 12.3. The van der Waals surface area contributed by atoms with E-state index in [1.807, 2.05) is 0 Å². The van der Waals surface area contributed by atoms with Gasteiger partial charge in [0.05, 0.1) is 19.3 Å². The number of aliphatic hydroxyl groups excluding tert-OH is 3. The summed E-state index contributed by atoms with van der Waals surface area (Å²) >= 11 is 1.37. The molecule has 1 aliphatic carbocycles. The molecule has 0 radical (unpaired) electrons. The maximum absolute atomic E-state index is 12.3. The van der Waals surface area contributed by atoms with Crippen LogP contribution in [0.3, 0.4) is 0 Å². The van der Waals surface area contributed by atoms with Crippen molar-refractivity contribution in [1.82, 2.24) is 16.0 Å². The number of thioether (sulfide) groups is 1. The SMILES string of the molecule is CNC(C)(CCNC(=O)CCCCCSC1OC(CO)C(O)C(O)C1NC(C)=O)OP(=O)(O)OCC1CCC1. The second kappa shape index (κ2) is 16.6. The molecule has 2 aliphatic rings. The van der Waals surface area contributed by atoms with E-state index in [0.29, 0.717) is 24.5 Å². The highest BCUT2D eigenvalue weighted by atomic mass is 32.2. The number of amides is 2. The highest BCUT2D eigenvalue weighted by molar-refractivity contribution is 7.99. The highest BCUT2D eigenvalue weighted by Gasteiger charge is 2.44. The van der Waals surface area contributed by atoms with Crippen LogP contribution < -0.4 is 16.0 Å². The predicted octanol–water partition coefficient (Wildman–Crippen LogP) is 0.599. The Kier molecular flexibility index (Phi) is 14.6. The lowest BCUT2D eigenvalue weighted by Crippen LogP contribution is -2.63. The van der Waals surface area contributed by atoms with Gasteiger partial charge < -0.3 is 35.6 Å². The van der Waals surface area contributed by atoms with Crippen LogP contribution in [0.4, 0.5) is 0 Å². The molecular weight excluding hydrogens is 553 g/mol. The van der Waals surface area contributed by atoms with Crippen molar-refractivity contribution >= 4 is 31.4 Å². The molecule has 1 heterocycles. The Morgan fingerprint density at radius 2 is 1.90 bits per heavy atom. The number of hydrogen-bond acceptors (Lipinski definition) is 11. The minimum atomic E-state index is -4.24. The van der Waals surface area contributed by atoms with Crippen LogP contribution in [0.2, 0.25) is 0 Å². The van der Waals surface area contributed by atoms with Gasteiger partial charge in [-0.1, -0.05) is 12.8 Å². The first-order valence-corrected chi connectivity index (χ1v) is 16.1. The Bertz CT molecular complexity index is 823. The summed E-state index contributed by atoms with van der Waals surface area (Å²) in [6.07, 6.45) is 2.31. The van der Waals surface area contributed by atoms with Gasteiger partial charge in [-0.2, -0.15) is 0 Å². The van der Waals surface area contributed by atoms with E-state index < -0.39 is 49.9 Å². The number of rotatable bonds is 18. The fourth-order valence-corrected chi connectivity index (χ4v) is 6.67. The van der Waals surface area contributed by atoms with Crippen LogP contribution in [0, 0.1) is 5.92 Å². The minimum Gasteiger partial charge on any atom is -0.394 e. The minimum absolute atomic E-state index is 0.140. The smallest absolute Gasteiger partial charge is 0.394 e. The molecule has 228 valence electrons. The summed E-state index contributed by atoms with van der Waals surface area (Å²) in [6.45, 7) is 2.93. The molecule has 0 aromatic heterocycles. The molecule has 2 amide bonds. The molecule has 7 N–H and O–H groups in total. The number of unbranched alkanes of at least 4 members (excludes halogenated alkanes) is 2. The highest BCUT2D eigenvalue weighted by Crippen LogP contribution is 2.48. The Hall–Kier alpha value is -0.800. The predicted molar refractivity (Wildman–Crippen MR) is 146 cm³/mol. The first-order valence-electron chi connectivity index (χ1n) is 13.5. The van der Waals surface area contributed by atoms with E-state index in [9.17, 15) is 34.4 Å². The molecule has 2 rings (SSSR count). The number of carbonyl (C=O) groups excluding carboxylic acids is 2. The monoisotopic (exact) mass is 599 g/mol. The molecule has 1 saturated carbocycles. The summed E-state index contributed by atoms with van der Waals surface area (Å²) in [5, 5.41) is 38.1. The van der Waals surface area contributed by atoms with Crippen LogP contribution >= 0.6 is 19.6 Å². The van der Waals surface area contributed by atoms with E-state index in [1.54, 1.807) is 14.0 Å². The lowest BCUT2D eigenvalue weighted by molar-refractivity contribution is -0.173. The Morgan fingerprint density at radius 1 is 1.18 bits per heavy atom. The first-order chi connectivity index (χ1) is 18.4. The zero-order chi connectivity index (χ0) is 29.1. The quantitative estimate of drug-likeness (QED) is 0.0659. The molecule has 39 heavy (non-hydrogen) atoms. The molecule has 7 atom stereocenters. The van der Waals surface area contributed by atoms with Crippen LogP contribution in [0.1, 0.15) is 65.2 Å². The van der Waals surface area contributed by atoms with E-state index in [1.165, 1.54) is 18.7 Å². The van der Waals surface area contributed by atoms with Gasteiger partial charge in [-0.15, -0.1) is 11.8 Å². The number of ether oxygens (including phenoxy) is 1.